The van der Waals surface area contributed by atoms with Crippen LogP contribution in [0.1, 0.15) is 12.8 Å². The topological polar surface area (TPSA) is 101 Å². The van der Waals surface area contributed by atoms with E-state index in [1.54, 1.807) is 0 Å². The van der Waals surface area contributed by atoms with E-state index in [0.717, 1.165) is 12.8 Å². The van der Waals surface area contributed by atoms with Gasteiger partial charge in [-0.3, -0.25) is 10.1 Å². The lowest BCUT2D eigenvalue weighted by Crippen LogP contribution is -2.43. The fourth-order valence-electron chi connectivity index (χ4n) is 4.51. The van der Waals surface area contributed by atoms with Gasteiger partial charge in [-0.2, -0.15) is 4.31 Å². The molecule has 0 radical (unpaired) electrons. The van der Waals surface area contributed by atoms with E-state index >= 15 is 0 Å². The number of fused-ring (bicyclic) bond motifs is 1. The molecular formula is C14H16N2O5S. The quantitative estimate of drug-likeness (QED) is 0.660. The van der Waals surface area contributed by atoms with Gasteiger partial charge in [-0.05, 0) is 42.7 Å². The molecule has 2 aliphatic carbocycles. The first-order valence-corrected chi connectivity index (χ1v) is 8.78. The minimum atomic E-state index is -3.72. The van der Waals surface area contributed by atoms with Gasteiger partial charge in [-0.1, -0.05) is 0 Å². The molecule has 1 aromatic rings. The molecule has 5 atom stereocenters. The summed E-state index contributed by atoms with van der Waals surface area (Å²) in [5.41, 5.74) is -0.138. The summed E-state index contributed by atoms with van der Waals surface area (Å²) in [4.78, 5) is 10.2. The van der Waals surface area contributed by atoms with Gasteiger partial charge >= 0.3 is 0 Å². The molecule has 0 amide bonds. The number of aliphatic hydroxyl groups is 1. The zero-order chi connectivity index (χ0) is 15.6. The van der Waals surface area contributed by atoms with Gasteiger partial charge in [-0.15, -0.1) is 0 Å². The second-order valence-corrected chi connectivity index (χ2v) is 8.35. The zero-order valence-corrected chi connectivity index (χ0v) is 12.5. The summed E-state index contributed by atoms with van der Waals surface area (Å²) >= 11 is 0. The van der Waals surface area contributed by atoms with Crippen molar-refractivity contribution >= 4 is 15.7 Å². The predicted molar refractivity (Wildman–Crippen MR) is 76.5 cm³/mol. The Kier molecular flexibility index (Phi) is 2.88. The van der Waals surface area contributed by atoms with Crippen LogP contribution in [0.15, 0.2) is 29.2 Å². The number of nitro groups is 1. The highest BCUT2D eigenvalue weighted by Gasteiger charge is 2.61. The Morgan fingerprint density at radius 1 is 1.18 bits per heavy atom. The first-order valence-electron chi connectivity index (χ1n) is 7.34. The largest absolute Gasteiger partial charge is 0.391 e. The summed E-state index contributed by atoms with van der Waals surface area (Å²) in [7, 11) is -3.72. The van der Waals surface area contributed by atoms with Crippen molar-refractivity contribution in [2.45, 2.75) is 29.9 Å². The third-order valence-corrected chi connectivity index (χ3v) is 7.34. The van der Waals surface area contributed by atoms with Crippen molar-refractivity contribution in [2.75, 3.05) is 6.54 Å². The van der Waals surface area contributed by atoms with Crippen molar-refractivity contribution in [1.82, 2.24) is 4.31 Å². The van der Waals surface area contributed by atoms with Crippen LogP contribution in [-0.2, 0) is 10.0 Å². The lowest BCUT2D eigenvalue weighted by atomic mass is 9.88. The fraction of sp³-hybridized carbons (Fsp3) is 0.571. The first-order chi connectivity index (χ1) is 10.4. The number of aliphatic hydroxyl groups excluding tert-OH is 1. The highest BCUT2D eigenvalue weighted by Crippen LogP contribution is 2.56. The molecule has 0 spiro atoms. The van der Waals surface area contributed by atoms with Crippen molar-refractivity contribution in [1.29, 1.82) is 0 Å². The molecule has 2 bridgehead atoms. The second kappa shape index (κ2) is 4.50. The van der Waals surface area contributed by atoms with E-state index in [9.17, 15) is 23.6 Å². The molecule has 1 aliphatic heterocycles. The van der Waals surface area contributed by atoms with Gasteiger partial charge in [-0.25, -0.2) is 8.42 Å². The first kappa shape index (κ1) is 14.1. The summed E-state index contributed by atoms with van der Waals surface area (Å²) in [5, 5.41) is 21.0. The number of sulfonamides is 1. The lowest BCUT2D eigenvalue weighted by Gasteiger charge is -2.28. The highest BCUT2D eigenvalue weighted by molar-refractivity contribution is 7.89. The predicted octanol–water partition coefficient (Wildman–Crippen LogP) is 0.985. The van der Waals surface area contributed by atoms with Crippen LogP contribution in [0, 0.1) is 27.9 Å². The summed E-state index contributed by atoms with van der Waals surface area (Å²) in [5.74, 6) is 0.816. The average molecular weight is 324 g/mol. The minimum Gasteiger partial charge on any atom is -0.391 e. The molecule has 8 heteroatoms. The number of hydrogen-bond donors (Lipinski definition) is 1. The van der Waals surface area contributed by atoms with E-state index < -0.39 is 21.1 Å². The molecule has 2 saturated carbocycles. The number of benzene rings is 1. The molecule has 4 rings (SSSR count). The molecule has 1 aromatic carbocycles. The van der Waals surface area contributed by atoms with Gasteiger partial charge in [0.25, 0.3) is 5.69 Å². The van der Waals surface area contributed by atoms with Crippen LogP contribution in [0.3, 0.4) is 0 Å². The Bertz CT molecular complexity index is 730. The standard InChI is InChI=1S/C14H16N2O5S/c17-14-8-5-9-7-15(13(14)12(9)6-8)22(20,21)11-3-1-10(2-4-11)16(18)19/h1-4,8-9,12-14,17H,5-7H2/t8-,9-,12+,13-,14-/m0/s1. The van der Waals surface area contributed by atoms with Crippen LogP contribution in [0.2, 0.25) is 0 Å². The monoisotopic (exact) mass is 324 g/mol. The van der Waals surface area contributed by atoms with Crippen LogP contribution in [0.5, 0.6) is 0 Å². The van der Waals surface area contributed by atoms with E-state index in [4.69, 9.17) is 0 Å². The summed E-state index contributed by atoms with van der Waals surface area (Å²) in [6.07, 6.45) is 1.22. The molecule has 0 unspecified atom stereocenters. The molecule has 1 heterocycles. The molecular weight excluding hydrogens is 308 g/mol. The van der Waals surface area contributed by atoms with E-state index in [1.165, 1.54) is 28.6 Å². The van der Waals surface area contributed by atoms with Crippen molar-refractivity contribution in [3.63, 3.8) is 0 Å². The fourth-order valence-corrected chi connectivity index (χ4v) is 6.25. The minimum absolute atomic E-state index is 0.0510. The number of hydrogen-bond acceptors (Lipinski definition) is 5. The van der Waals surface area contributed by atoms with Gasteiger partial charge < -0.3 is 5.11 Å². The summed E-state index contributed by atoms with van der Waals surface area (Å²) in [6, 6.07) is 4.61. The lowest BCUT2D eigenvalue weighted by molar-refractivity contribution is -0.384. The van der Waals surface area contributed by atoms with E-state index in [1.807, 2.05) is 0 Å². The van der Waals surface area contributed by atoms with Gasteiger partial charge in [0.1, 0.15) is 0 Å². The molecule has 1 N–H and O–H groups in total. The van der Waals surface area contributed by atoms with Crippen LogP contribution >= 0.6 is 0 Å². The average Bonchev–Trinajstić information content (AvgIpc) is 3.09. The third kappa shape index (κ3) is 1.77. The van der Waals surface area contributed by atoms with Gasteiger partial charge in [0, 0.05) is 18.7 Å². The van der Waals surface area contributed by atoms with Crippen molar-refractivity contribution < 1.29 is 18.4 Å². The number of nitro benzene ring substituents is 1. The van der Waals surface area contributed by atoms with Gasteiger partial charge in [0.15, 0.2) is 0 Å². The van der Waals surface area contributed by atoms with E-state index in [2.05, 4.69) is 0 Å². The molecule has 1 saturated heterocycles. The Labute approximate surface area is 127 Å². The molecule has 118 valence electrons. The Hall–Kier alpha value is -1.51. The second-order valence-electron chi connectivity index (χ2n) is 6.46. The highest BCUT2D eigenvalue weighted by atomic mass is 32.2. The maximum absolute atomic E-state index is 12.8. The van der Waals surface area contributed by atoms with E-state index in [-0.39, 0.29) is 28.5 Å². The maximum Gasteiger partial charge on any atom is 0.269 e. The van der Waals surface area contributed by atoms with Crippen molar-refractivity contribution in [3.8, 4) is 0 Å². The van der Waals surface area contributed by atoms with Crippen LogP contribution in [0.4, 0.5) is 5.69 Å². The summed E-state index contributed by atoms with van der Waals surface area (Å²) < 4.78 is 27.0. The zero-order valence-electron chi connectivity index (χ0n) is 11.7. The molecule has 7 nitrogen and oxygen atoms in total. The van der Waals surface area contributed by atoms with Crippen molar-refractivity contribution in [2.24, 2.45) is 17.8 Å². The number of rotatable bonds is 3. The Balaban J connectivity index is 1.68. The summed E-state index contributed by atoms with van der Waals surface area (Å²) in [6.45, 7) is 0.447. The van der Waals surface area contributed by atoms with Crippen LogP contribution < -0.4 is 0 Å². The normalized spacial score (nSPS) is 36.9. The van der Waals surface area contributed by atoms with Crippen LogP contribution in [0.25, 0.3) is 0 Å². The SMILES string of the molecule is O=[N+]([O-])c1ccc(S(=O)(=O)N2C[C@@H]3C[C@H]4C[C@H]3[C@H]2[C@H]4O)cc1. The molecule has 3 fully saturated rings. The van der Waals surface area contributed by atoms with Crippen LogP contribution in [-0.4, -0.2) is 41.4 Å². The smallest absolute Gasteiger partial charge is 0.269 e. The maximum atomic E-state index is 12.8. The molecule has 22 heavy (non-hydrogen) atoms. The third-order valence-electron chi connectivity index (χ3n) is 5.46. The molecule has 3 aliphatic rings. The molecule has 0 aromatic heterocycles. The number of nitrogens with zero attached hydrogens (tertiary/aromatic N) is 2. The van der Waals surface area contributed by atoms with Gasteiger partial charge in [0.2, 0.25) is 10.0 Å². The Morgan fingerprint density at radius 3 is 2.45 bits per heavy atom. The van der Waals surface area contributed by atoms with Gasteiger partial charge in [0.05, 0.1) is 22.0 Å². The van der Waals surface area contributed by atoms with Crippen molar-refractivity contribution in [3.05, 3.63) is 34.4 Å². The Morgan fingerprint density at radius 2 is 1.86 bits per heavy atom. The van der Waals surface area contributed by atoms with E-state index in [0.29, 0.717) is 12.5 Å². The number of non-ortho nitro benzene ring substituents is 1.